The van der Waals surface area contributed by atoms with E-state index >= 15 is 0 Å². The van der Waals surface area contributed by atoms with E-state index in [1.54, 1.807) is 19.2 Å². The summed E-state index contributed by atoms with van der Waals surface area (Å²) in [6.07, 6.45) is 7.36. The number of anilines is 1. The number of methoxy groups -OCH3 is 1. The van der Waals surface area contributed by atoms with Crippen LogP contribution in [0, 0.1) is 16.5 Å². The Kier molecular flexibility index (Phi) is 10.8. The van der Waals surface area contributed by atoms with Gasteiger partial charge in [0, 0.05) is 17.8 Å². The fraction of sp³-hybridized carbons (Fsp3) is 0.0714. The third-order valence-corrected chi connectivity index (χ3v) is 2.47. The number of ether oxygens (including phenoxy) is 1. The van der Waals surface area contributed by atoms with Gasteiger partial charge in [0.1, 0.15) is 10.1 Å². The second-order valence-corrected chi connectivity index (χ2v) is 4.83. The van der Waals surface area contributed by atoms with Gasteiger partial charge in [0.15, 0.2) is 0 Å². The van der Waals surface area contributed by atoms with Crippen molar-refractivity contribution in [2.24, 2.45) is 0 Å². The SMILES string of the molecule is COC1=CC=C=C[CH]1.O=[N+]([O-])c1ccc(NC(=S)S)cc1.[Hg+]. The van der Waals surface area contributed by atoms with Crippen molar-refractivity contribution in [2.75, 3.05) is 12.4 Å². The molecule has 0 saturated carbocycles. The van der Waals surface area contributed by atoms with Gasteiger partial charge in [0.05, 0.1) is 18.5 Å². The molecule has 0 unspecified atom stereocenters. The van der Waals surface area contributed by atoms with Gasteiger partial charge < -0.3 is 10.1 Å². The van der Waals surface area contributed by atoms with Crippen LogP contribution in [0.4, 0.5) is 11.4 Å². The number of hydrogen-bond acceptors (Lipinski definition) is 4. The summed E-state index contributed by atoms with van der Waals surface area (Å²) in [6.45, 7) is 0. The number of thiol groups is 1. The van der Waals surface area contributed by atoms with E-state index in [4.69, 9.17) is 4.74 Å². The molecule has 0 fully saturated rings. The predicted molar refractivity (Wildman–Crippen MR) is 90.3 cm³/mol. The molecule has 0 aliphatic heterocycles. The standard InChI is InChI=1S/C7H6N2O2S2.C7H7O.Hg/c10-9(11)6-3-1-5(2-4-6)8-7(12)13;1-8-7-5-3-2-4-6-7;/h1-4H,(H2,8,12,13);3-6H,1H3;/q;;+1. The van der Waals surface area contributed by atoms with Gasteiger partial charge in [0.25, 0.3) is 5.69 Å². The number of benzene rings is 1. The average Bonchev–Trinajstić information content (AvgIpc) is 2.48. The molecule has 0 spiro atoms. The first-order valence-electron chi connectivity index (χ1n) is 5.77. The molecule has 0 heterocycles. The van der Waals surface area contributed by atoms with Crippen LogP contribution in [-0.4, -0.2) is 16.4 Å². The molecule has 110 valence electrons. The van der Waals surface area contributed by atoms with Crippen LogP contribution >= 0.6 is 24.8 Å². The molecule has 0 atom stereocenters. The summed E-state index contributed by atoms with van der Waals surface area (Å²) < 4.78 is 5.22. The molecule has 8 heteroatoms. The van der Waals surface area contributed by atoms with Crippen molar-refractivity contribution in [2.45, 2.75) is 0 Å². The van der Waals surface area contributed by atoms with Crippen LogP contribution in [0.5, 0.6) is 0 Å². The summed E-state index contributed by atoms with van der Waals surface area (Å²) in [4.78, 5) is 9.82. The van der Waals surface area contributed by atoms with Crippen molar-refractivity contribution in [1.82, 2.24) is 0 Å². The van der Waals surface area contributed by atoms with Gasteiger partial charge in [-0.25, -0.2) is 0 Å². The van der Waals surface area contributed by atoms with Crippen molar-refractivity contribution in [1.29, 1.82) is 0 Å². The van der Waals surface area contributed by atoms with Crippen LogP contribution in [0.25, 0.3) is 0 Å². The normalized spacial score (nSPS) is 11.3. The summed E-state index contributed by atoms with van der Waals surface area (Å²) in [5.41, 5.74) is 3.62. The smallest absolute Gasteiger partial charge is 0.500 e. The molecule has 2 rings (SSSR count). The minimum atomic E-state index is -0.456. The molecular formula is C14H13HgN2O3S2+. The first-order chi connectivity index (χ1) is 10.0. The molecule has 0 bridgehead atoms. The summed E-state index contributed by atoms with van der Waals surface area (Å²) in [6, 6.07) is 5.93. The maximum absolute atomic E-state index is 10.3. The van der Waals surface area contributed by atoms with E-state index in [1.807, 2.05) is 24.6 Å². The van der Waals surface area contributed by atoms with E-state index in [1.165, 1.54) is 12.1 Å². The number of allylic oxidation sites excluding steroid dienone is 2. The van der Waals surface area contributed by atoms with E-state index < -0.39 is 4.92 Å². The Hall–Kier alpha value is -1.14. The molecule has 1 aromatic rings. The Morgan fingerprint density at radius 1 is 1.36 bits per heavy atom. The van der Waals surface area contributed by atoms with Crippen LogP contribution in [-0.2, 0) is 32.4 Å². The van der Waals surface area contributed by atoms with Crippen LogP contribution < -0.4 is 5.32 Å². The fourth-order valence-corrected chi connectivity index (χ4v) is 1.54. The first kappa shape index (κ1) is 20.9. The van der Waals surface area contributed by atoms with Gasteiger partial charge in [-0.1, -0.05) is 12.2 Å². The van der Waals surface area contributed by atoms with Crippen LogP contribution in [0.1, 0.15) is 0 Å². The minimum Gasteiger partial charge on any atom is -0.500 e. The number of thiocarbonyl (C=S) groups is 1. The Morgan fingerprint density at radius 2 is 2.00 bits per heavy atom. The molecule has 1 aromatic carbocycles. The third kappa shape index (κ3) is 8.33. The molecule has 0 saturated heterocycles. The molecule has 0 aromatic heterocycles. The molecule has 2 radical (unpaired) electrons. The quantitative estimate of drug-likeness (QED) is 0.159. The van der Waals surface area contributed by atoms with Gasteiger partial charge in [-0.3, -0.25) is 10.1 Å². The monoisotopic (exact) mass is 523 g/mol. The summed E-state index contributed by atoms with van der Waals surface area (Å²) in [7, 11) is 1.65. The Bertz CT molecular complexity index is 609. The first-order valence-corrected chi connectivity index (χ1v) is 6.63. The zero-order valence-electron chi connectivity index (χ0n) is 11.9. The predicted octanol–water partition coefficient (Wildman–Crippen LogP) is 3.66. The Balaban J connectivity index is 0.000000423. The topological polar surface area (TPSA) is 64.4 Å². The number of rotatable bonds is 3. The van der Waals surface area contributed by atoms with Crippen molar-refractivity contribution in [3.63, 3.8) is 0 Å². The van der Waals surface area contributed by atoms with E-state index in [-0.39, 0.29) is 33.4 Å². The Morgan fingerprint density at radius 3 is 2.36 bits per heavy atom. The van der Waals surface area contributed by atoms with Crippen LogP contribution in [0.2, 0.25) is 0 Å². The van der Waals surface area contributed by atoms with Gasteiger partial charge >= 0.3 is 27.7 Å². The summed E-state index contributed by atoms with van der Waals surface area (Å²) >= 11 is 8.54. The Labute approximate surface area is 160 Å². The minimum absolute atomic E-state index is 0. The molecule has 1 N–H and O–H groups in total. The van der Waals surface area contributed by atoms with Crippen molar-refractivity contribution in [3.05, 3.63) is 70.5 Å². The molecule has 0 amide bonds. The molecule has 22 heavy (non-hydrogen) atoms. The van der Waals surface area contributed by atoms with E-state index in [9.17, 15) is 10.1 Å². The summed E-state index contributed by atoms with van der Waals surface area (Å²) in [5.74, 6) is 0.878. The molecule has 1 aliphatic carbocycles. The summed E-state index contributed by atoms with van der Waals surface area (Å²) in [5, 5.41) is 13.0. The number of hydrogen-bond donors (Lipinski definition) is 2. The van der Waals surface area contributed by atoms with E-state index in [2.05, 4.69) is 35.9 Å². The van der Waals surface area contributed by atoms with Crippen LogP contribution in [0.15, 0.2) is 54.0 Å². The third-order valence-electron chi connectivity index (χ3n) is 2.25. The van der Waals surface area contributed by atoms with Gasteiger partial charge in [-0.05, 0) is 30.4 Å². The zero-order valence-corrected chi connectivity index (χ0v) is 19.1. The molecular weight excluding hydrogens is 509 g/mol. The van der Waals surface area contributed by atoms with E-state index in [0.717, 1.165) is 5.76 Å². The number of non-ortho nitro benzene ring substituents is 1. The fourth-order valence-electron chi connectivity index (χ4n) is 1.30. The number of nitro groups is 1. The van der Waals surface area contributed by atoms with Crippen molar-refractivity contribution >= 4 is 40.5 Å². The maximum Gasteiger partial charge on any atom is 1.00 e. The second-order valence-electron chi connectivity index (χ2n) is 3.67. The van der Waals surface area contributed by atoms with Crippen LogP contribution in [0.3, 0.4) is 0 Å². The van der Waals surface area contributed by atoms with Crippen molar-refractivity contribution in [3.8, 4) is 0 Å². The van der Waals surface area contributed by atoms with Gasteiger partial charge in [0.2, 0.25) is 0 Å². The van der Waals surface area contributed by atoms with Crippen molar-refractivity contribution < 1.29 is 37.3 Å². The van der Waals surface area contributed by atoms with E-state index in [0.29, 0.717) is 10.0 Å². The largest absolute Gasteiger partial charge is 1.00 e. The molecule has 1 aliphatic rings. The average molecular weight is 522 g/mol. The maximum atomic E-state index is 10.3. The number of nitrogens with one attached hydrogen (secondary N) is 1. The van der Waals surface area contributed by atoms with Gasteiger partial charge in [-0.2, -0.15) is 0 Å². The number of nitrogens with zero attached hydrogens (tertiary/aromatic N) is 1. The second kappa shape index (κ2) is 11.4. The molecule has 5 nitrogen and oxygen atoms in total. The zero-order chi connectivity index (χ0) is 15.7. The number of nitro benzene ring substituents is 1. The van der Waals surface area contributed by atoms with Gasteiger partial charge in [-0.15, -0.1) is 18.4 Å².